The Bertz CT molecular complexity index is 649. The minimum atomic E-state index is 0.0101. The van der Waals surface area contributed by atoms with Crippen molar-refractivity contribution in [2.45, 2.75) is 6.92 Å². The summed E-state index contributed by atoms with van der Waals surface area (Å²) in [7, 11) is 0. The molecule has 1 fully saturated rings. The zero-order chi connectivity index (χ0) is 14.1. The molecular weight excluding hydrogens is 324 g/mol. The molecule has 20 heavy (non-hydrogen) atoms. The van der Waals surface area contributed by atoms with Crippen LogP contribution in [0.1, 0.15) is 16.2 Å². The Labute approximate surface area is 124 Å². The van der Waals surface area contributed by atoms with Crippen LogP contribution in [-0.4, -0.2) is 51.8 Å². The van der Waals surface area contributed by atoms with Crippen LogP contribution in [0.25, 0.3) is 5.65 Å². The van der Waals surface area contributed by atoms with Crippen molar-refractivity contribution in [2.24, 2.45) is 0 Å². The number of halogens is 1. The predicted molar refractivity (Wildman–Crippen MR) is 78.9 cm³/mol. The smallest absolute Gasteiger partial charge is 0.192 e. The lowest BCUT2D eigenvalue weighted by Gasteiger charge is -2.28. The maximum absolute atomic E-state index is 12.0. The van der Waals surface area contributed by atoms with Crippen molar-refractivity contribution >= 4 is 33.0 Å². The Morgan fingerprint density at radius 3 is 2.90 bits per heavy atom. The first-order valence-electron chi connectivity index (χ1n) is 6.47. The van der Waals surface area contributed by atoms with E-state index in [2.05, 4.69) is 30.8 Å². The minimum absolute atomic E-state index is 0.0101. The van der Waals surface area contributed by atoms with Crippen LogP contribution in [0.4, 0.5) is 5.69 Å². The lowest BCUT2D eigenvalue weighted by atomic mass is 10.2. The second-order valence-electron chi connectivity index (χ2n) is 4.67. The van der Waals surface area contributed by atoms with E-state index in [1.807, 2.05) is 6.92 Å². The topological polar surface area (TPSA) is 59.7 Å². The standard InChI is InChI=1S/C13H15BrN4O2/c1-9-12(11(19)6-14)18-8-15-7-10(13(18)16-9)17-2-4-20-5-3-17/h7-8H,2-6H2,1H3. The third-order valence-corrected chi connectivity index (χ3v) is 3.94. The van der Waals surface area contributed by atoms with Gasteiger partial charge >= 0.3 is 0 Å². The van der Waals surface area contributed by atoms with E-state index < -0.39 is 0 Å². The SMILES string of the molecule is Cc1nc2c(N3CCOCC3)cncn2c1C(=O)CBr. The number of carbonyl (C=O) groups excluding carboxylic acids is 1. The van der Waals surface area contributed by atoms with Gasteiger partial charge in [0.25, 0.3) is 0 Å². The Balaban J connectivity index is 2.13. The van der Waals surface area contributed by atoms with E-state index >= 15 is 0 Å². The first-order valence-corrected chi connectivity index (χ1v) is 7.59. The summed E-state index contributed by atoms with van der Waals surface area (Å²) in [6, 6.07) is 0. The quantitative estimate of drug-likeness (QED) is 0.626. The molecule has 0 spiro atoms. The lowest BCUT2D eigenvalue weighted by molar-refractivity contribution is 0.101. The van der Waals surface area contributed by atoms with Gasteiger partial charge in [0.1, 0.15) is 12.0 Å². The molecule has 2 aromatic heterocycles. The number of alkyl halides is 1. The number of hydrogen-bond acceptors (Lipinski definition) is 5. The molecule has 7 heteroatoms. The van der Waals surface area contributed by atoms with Gasteiger partial charge in [-0.05, 0) is 6.92 Å². The van der Waals surface area contributed by atoms with Gasteiger partial charge in [0.2, 0.25) is 0 Å². The van der Waals surface area contributed by atoms with Crippen LogP contribution in [-0.2, 0) is 4.74 Å². The second kappa shape index (κ2) is 5.49. The molecule has 0 aromatic carbocycles. The highest BCUT2D eigenvalue weighted by Gasteiger charge is 2.21. The molecular formula is C13H15BrN4O2. The van der Waals surface area contributed by atoms with Crippen LogP contribution in [0.2, 0.25) is 0 Å². The molecule has 0 radical (unpaired) electrons. The molecule has 1 aliphatic heterocycles. The fourth-order valence-corrected chi connectivity index (χ4v) is 2.76. The van der Waals surface area contributed by atoms with Crippen LogP contribution in [0.15, 0.2) is 12.5 Å². The fraction of sp³-hybridized carbons (Fsp3) is 0.462. The van der Waals surface area contributed by atoms with E-state index in [4.69, 9.17) is 4.74 Å². The Morgan fingerprint density at radius 1 is 1.45 bits per heavy atom. The highest BCUT2D eigenvalue weighted by atomic mass is 79.9. The van der Waals surface area contributed by atoms with Crippen molar-refractivity contribution in [3.05, 3.63) is 23.9 Å². The van der Waals surface area contributed by atoms with Gasteiger partial charge in [-0.1, -0.05) is 15.9 Å². The van der Waals surface area contributed by atoms with Crippen LogP contribution < -0.4 is 4.90 Å². The number of Topliss-reactive ketones (excluding diaryl/α,β-unsaturated/α-hetero) is 1. The summed E-state index contributed by atoms with van der Waals surface area (Å²) in [6.07, 6.45) is 3.45. The molecule has 0 N–H and O–H groups in total. The van der Waals surface area contributed by atoms with E-state index in [-0.39, 0.29) is 11.1 Å². The van der Waals surface area contributed by atoms with E-state index in [0.29, 0.717) is 18.9 Å². The second-order valence-corrected chi connectivity index (χ2v) is 5.24. The maximum atomic E-state index is 12.0. The number of hydrogen-bond donors (Lipinski definition) is 0. The number of ketones is 1. The number of nitrogens with zero attached hydrogens (tertiary/aromatic N) is 4. The molecule has 6 nitrogen and oxygen atoms in total. The van der Waals surface area contributed by atoms with E-state index in [9.17, 15) is 4.79 Å². The van der Waals surface area contributed by atoms with Crippen molar-refractivity contribution in [3.8, 4) is 0 Å². The van der Waals surface area contributed by atoms with Gasteiger partial charge in [-0.25, -0.2) is 9.97 Å². The summed E-state index contributed by atoms with van der Waals surface area (Å²) in [4.78, 5) is 23.0. The molecule has 1 aliphatic rings. The Hall–Kier alpha value is -1.47. The summed E-state index contributed by atoms with van der Waals surface area (Å²) in [5, 5.41) is 0.281. The van der Waals surface area contributed by atoms with Crippen molar-refractivity contribution < 1.29 is 9.53 Å². The van der Waals surface area contributed by atoms with Gasteiger partial charge in [0.05, 0.1) is 36.1 Å². The van der Waals surface area contributed by atoms with Crippen LogP contribution in [0.5, 0.6) is 0 Å². The molecule has 0 atom stereocenters. The van der Waals surface area contributed by atoms with E-state index in [1.165, 1.54) is 0 Å². The number of imidazole rings is 1. The first kappa shape index (κ1) is 13.5. The molecule has 0 unspecified atom stereocenters. The highest BCUT2D eigenvalue weighted by molar-refractivity contribution is 9.09. The number of anilines is 1. The number of ether oxygens (including phenoxy) is 1. The number of aromatic nitrogens is 3. The highest BCUT2D eigenvalue weighted by Crippen LogP contribution is 2.23. The molecule has 106 valence electrons. The van der Waals surface area contributed by atoms with Gasteiger partial charge in [0, 0.05) is 13.1 Å². The average Bonchev–Trinajstić information content (AvgIpc) is 2.83. The first-order chi connectivity index (χ1) is 9.72. The average molecular weight is 339 g/mol. The van der Waals surface area contributed by atoms with Crippen molar-refractivity contribution in [3.63, 3.8) is 0 Å². The third kappa shape index (κ3) is 2.20. The number of carbonyl (C=O) groups is 1. The molecule has 0 aliphatic carbocycles. The van der Waals surface area contributed by atoms with Crippen LogP contribution >= 0.6 is 15.9 Å². The summed E-state index contributed by atoms with van der Waals surface area (Å²) in [6.45, 7) is 4.89. The summed E-state index contributed by atoms with van der Waals surface area (Å²) < 4.78 is 7.15. The van der Waals surface area contributed by atoms with Crippen LogP contribution in [0.3, 0.4) is 0 Å². The summed E-state index contributed by atoms with van der Waals surface area (Å²) >= 11 is 3.21. The molecule has 0 bridgehead atoms. The van der Waals surface area contributed by atoms with Crippen LogP contribution in [0, 0.1) is 6.92 Å². The maximum Gasteiger partial charge on any atom is 0.192 e. The monoisotopic (exact) mass is 338 g/mol. The number of fused-ring (bicyclic) bond motifs is 1. The molecule has 0 amide bonds. The molecule has 3 heterocycles. The van der Waals surface area contributed by atoms with E-state index in [0.717, 1.165) is 30.1 Å². The third-order valence-electron chi connectivity index (χ3n) is 3.43. The fourth-order valence-electron chi connectivity index (χ4n) is 2.49. The summed E-state index contributed by atoms with van der Waals surface area (Å²) in [5.74, 6) is 0.0101. The zero-order valence-electron chi connectivity index (χ0n) is 11.2. The lowest BCUT2D eigenvalue weighted by Crippen LogP contribution is -2.36. The Kier molecular flexibility index (Phi) is 3.71. The van der Waals surface area contributed by atoms with Gasteiger partial charge in [-0.3, -0.25) is 9.20 Å². The predicted octanol–water partition coefficient (Wildman–Crippen LogP) is 1.45. The van der Waals surface area contributed by atoms with Gasteiger partial charge in [-0.15, -0.1) is 0 Å². The van der Waals surface area contributed by atoms with Crippen molar-refractivity contribution in [1.82, 2.24) is 14.4 Å². The van der Waals surface area contributed by atoms with E-state index in [1.54, 1.807) is 16.9 Å². The van der Waals surface area contributed by atoms with Gasteiger partial charge < -0.3 is 9.64 Å². The molecule has 0 saturated carbocycles. The van der Waals surface area contributed by atoms with Gasteiger partial charge in [0.15, 0.2) is 11.4 Å². The number of morpholine rings is 1. The molecule has 1 saturated heterocycles. The Morgan fingerprint density at radius 2 is 2.20 bits per heavy atom. The minimum Gasteiger partial charge on any atom is -0.378 e. The number of rotatable bonds is 3. The molecule has 2 aromatic rings. The molecule has 3 rings (SSSR count). The van der Waals surface area contributed by atoms with Crippen molar-refractivity contribution in [2.75, 3.05) is 36.5 Å². The largest absolute Gasteiger partial charge is 0.378 e. The number of aryl methyl sites for hydroxylation is 1. The van der Waals surface area contributed by atoms with Gasteiger partial charge in [-0.2, -0.15) is 0 Å². The normalized spacial score (nSPS) is 15.8. The zero-order valence-corrected chi connectivity index (χ0v) is 12.8. The summed E-state index contributed by atoms with van der Waals surface area (Å²) in [5.41, 5.74) is 3.06. The van der Waals surface area contributed by atoms with Crippen molar-refractivity contribution in [1.29, 1.82) is 0 Å².